The number of hydrogen-bond acceptors (Lipinski definition) is 6. The van der Waals surface area contributed by atoms with Crippen molar-refractivity contribution in [3.63, 3.8) is 0 Å². The zero-order chi connectivity index (χ0) is 26.5. The number of rotatable bonds is 5. The maximum atomic E-state index is 15.1. The number of anilines is 1. The Labute approximate surface area is 215 Å². The number of amides is 1. The second-order valence-electron chi connectivity index (χ2n) is 10.2. The van der Waals surface area contributed by atoms with Crippen LogP contribution in [0.15, 0.2) is 42.7 Å². The van der Waals surface area contributed by atoms with Crippen LogP contribution in [0.25, 0.3) is 11.3 Å². The van der Waals surface area contributed by atoms with E-state index < -0.39 is 29.2 Å². The number of pyridine rings is 2. The van der Waals surface area contributed by atoms with E-state index in [-0.39, 0.29) is 34.8 Å². The number of aliphatic hydroxyl groups excluding tert-OH is 1. The van der Waals surface area contributed by atoms with Gasteiger partial charge in [0, 0.05) is 17.8 Å². The second-order valence-corrected chi connectivity index (χ2v) is 10.8. The SMILES string of the molecule is CC1CC(c2ccncc2NC(=O)c2ccc(F)c(-c3c(F)cc(C4(O)CC4)cc3P)n2)CC(N)C1O. The molecule has 37 heavy (non-hydrogen) atoms. The van der Waals surface area contributed by atoms with Gasteiger partial charge in [-0.25, -0.2) is 13.8 Å². The largest absolute Gasteiger partial charge is 0.391 e. The Balaban J connectivity index is 1.43. The number of benzene rings is 1. The maximum absolute atomic E-state index is 15.1. The molecule has 2 saturated carbocycles. The Morgan fingerprint density at radius 3 is 2.62 bits per heavy atom. The molecule has 7 nitrogen and oxygen atoms in total. The second kappa shape index (κ2) is 9.80. The van der Waals surface area contributed by atoms with Gasteiger partial charge in [-0.05, 0) is 84.3 Å². The number of carbonyl (C=O) groups excluding carboxylic acids is 1. The van der Waals surface area contributed by atoms with Crippen molar-refractivity contribution in [3.8, 4) is 11.3 Å². The molecule has 2 aliphatic rings. The monoisotopic (exact) mass is 526 g/mol. The van der Waals surface area contributed by atoms with Crippen LogP contribution in [0.5, 0.6) is 0 Å². The summed E-state index contributed by atoms with van der Waals surface area (Å²) >= 11 is 0. The van der Waals surface area contributed by atoms with Gasteiger partial charge in [0.25, 0.3) is 5.91 Å². The third-order valence-electron chi connectivity index (χ3n) is 7.47. The van der Waals surface area contributed by atoms with Crippen molar-refractivity contribution in [2.45, 2.75) is 56.3 Å². The first-order valence-electron chi connectivity index (χ1n) is 12.2. The van der Waals surface area contributed by atoms with Crippen molar-refractivity contribution in [2.24, 2.45) is 11.7 Å². The molecule has 5 unspecified atom stereocenters. The minimum Gasteiger partial charge on any atom is -0.391 e. The van der Waals surface area contributed by atoms with E-state index >= 15 is 4.39 Å². The third kappa shape index (κ3) is 5.01. The van der Waals surface area contributed by atoms with E-state index in [2.05, 4.69) is 24.5 Å². The van der Waals surface area contributed by atoms with E-state index in [9.17, 15) is 19.4 Å². The van der Waals surface area contributed by atoms with Crippen LogP contribution in [0, 0.1) is 17.6 Å². The summed E-state index contributed by atoms with van der Waals surface area (Å²) in [5.41, 5.74) is 6.37. The first kappa shape index (κ1) is 25.8. The zero-order valence-corrected chi connectivity index (χ0v) is 21.4. The highest BCUT2D eigenvalue weighted by atomic mass is 31.0. The summed E-state index contributed by atoms with van der Waals surface area (Å²) < 4.78 is 29.9. The van der Waals surface area contributed by atoms with Crippen molar-refractivity contribution in [1.29, 1.82) is 0 Å². The summed E-state index contributed by atoms with van der Waals surface area (Å²) in [7, 11) is 2.36. The van der Waals surface area contributed by atoms with Crippen LogP contribution in [-0.4, -0.2) is 38.2 Å². The summed E-state index contributed by atoms with van der Waals surface area (Å²) in [6.45, 7) is 1.94. The molecule has 2 aliphatic carbocycles. The number of aromatic nitrogens is 2. The van der Waals surface area contributed by atoms with Crippen LogP contribution >= 0.6 is 9.24 Å². The number of nitrogens with two attached hydrogens (primary N) is 1. The molecule has 0 spiro atoms. The standard InChI is InChI=1S/C27H29F2N4O3P/c1-13-8-14(9-19(30)25(13)34)16-4-7-31-12-21(16)33-26(35)20-3-2-17(28)24(32-20)23-18(29)10-15(11-22(23)37)27(36)5-6-27/h2-4,7,10-14,19,25,34,36H,5-6,8-9,30,37H2,1H3,(H,33,35). The van der Waals surface area contributed by atoms with E-state index in [4.69, 9.17) is 5.73 Å². The van der Waals surface area contributed by atoms with Gasteiger partial charge < -0.3 is 21.3 Å². The normalized spacial score (nSPS) is 24.5. The topological polar surface area (TPSA) is 121 Å². The van der Waals surface area contributed by atoms with Crippen LogP contribution in [0.1, 0.15) is 60.1 Å². The molecule has 1 amide bonds. The summed E-state index contributed by atoms with van der Waals surface area (Å²) in [5, 5.41) is 23.7. The summed E-state index contributed by atoms with van der Waals surface area (Å²) in [6.07, 6.45) is 4.91. The first-order chi connectivity index (χ1) is 17.6. The van der Waals surface area contributed by atoms with Crippen LogP contribution in [-0.2, 0) is 5.60 Å². The Morgan fingerprint density at radius 1 is 1.19 bits per heavy atom. The molecule has 3 aromatic rings. The Hall–Kier alpha value is -2.84. The molecule has 194 valence electrons. The van der Waals surface area contributed by atoms with Gasteiger partial charge in [0.2, 0.25) is 0 Å². The highest BCUT2D eigenvalue weighted by Crippen LogP contribution is 2.46. The smallest absolute Gasteiger partial charge is 0.274 e. The van der Waals surface area contributed by atoms with E-state index in [1.165, 1.54) is 18.3 Å². The number of nitrogens with one attached hydrogen (secondary N) is 1. The molecule has 2 aromatic heterocycles. The summed E-state index contributed by atoms with van der Waals surface area (Å²) in [6, 6.07) is 6.54. The Kier molecular flexibility index (Phi) is 6.83. The van der Waals surface area contributed by atoms with Gasteiger partial charge in [0.15, 0.2) is 0 Å². The fraction of sp³-hybridized carbons (Fsp3) is 0.370. The molecule has 5 atom stereocenters. The molecule has 2 heterocycles. The van der Waals surface area contributed by atoms with Gasteiger partial charge in [-0.3, -0.25) is 9.78 Å². The number of hydrogen-bond donors (Lipinski definition) is 4. The van der Waals surface area contributed by atoms with Gasteiger partial charge >= 0.3 is 0 Å². The third-order valence-corrected chi connectivity index (χ3v) is 7.93. The molecule has 0 aliphatic heterocycles. The van der Waals surface area contributed by atoms with E-state index in [0.717, 1.165) is 11.6 Å². The summed E-state index contributed by atoms with van der Waals surface area (Å²) in [5.74, 6) is -2.10. The molecule has 10 heteroatoms. The fourth-order valence-electron chi connectivity index (χ4n) is 5.18. The van der Waals surface area contributed by atoms with Crippen molar-refractivity contribution in [2.75, 3.05) is 5.32 Å². The minimum atomic E-state index is -1.04. The lowest BCUT2D eigenvalue weighted by Crippen LogP contribution is -2.44. The highest BCUT2D eigenvalue weighted by Gasteiger charge is 2.43. The van der Waals surface area contributed by atoms with E-state index in [1.54, 1.807) is 12.3 Å². The van der Waals surface area contributed by atoms with E-state index in [0.29, 0.717) is 42.2 Å². The molecule has 0 radical (unpaired) electrons. The fourth-order valence-corrected chi connectivity index (χ4v) is 5.63. The first-order valence-corrected chi connectivity index (χ1v) is 12.8. The quantitative estimate of drug-likeness (QED) is 0.379. The zero-order valence-electron chi connectivity index (χ0n) is 20.3. The van der Waals surface area contributed by atoms with Crippen LogP contribution < -0.4 is 16.4 Å². The van der Waals surface area contributed by atoms with Gasteiger partial charge in [0.1, 0.15) is 23.0 Å². The van der Waals surface area contributed by atoms with Gasteiger partial charge in [-0.1, -0.05) is 6.92 Å². The number of halogens is 2. The van der Waals surface area contributed by atoms with Crippen LogP contribution in [0.3, 0.4) is 0 Å². The molecule has 5 rings (SSSR count). The van der Waals surface area contributed by atoms with Gasteiger partial charge in [-0.15, -0.1) is 9.24 Å². The number of carbonyl (C=O) groups is 1. The molecule has 1 aromatic carbocycles. The predicted octanol–water partition coefficient (Wildman–Crippen LogP) is 3.36. The van der Waals surface area contributed by atoms with Crippen LogP contribution in [0.4, 0.5) is 14.5 Å². The lowest BCUT2D eigenvalue weighted by molar-refractivity contribution is 0.0521. The van der Waals surface area contributed by atoms with Crippen molar-refractivity contribution < 1.29 is 23.8 Å². The minimum absolute atomic E-state index is 0.00480. The molecule has 0 saturated heterocycles. The Morgan fingerprint density at radius 2 is 1.95 bits per heavy atom. The Bertz CT molecular complexity index is 1330. The van der Waals surface area contributed by atoms with Crippen molar-refractivity contribution in [3.05, 3.63) is 71.2 Å². The van der Waals surface area contributed by atoms with Gasteiger partial charge in [-0.2, -0.15) is 0 Å². The molecular formula is C27H29F2N4O3P. The van der Waals surface area contributed by atoms with Crippen molar-refractivity contribution in [1.82, 2.24) is 9.97 Å². The van der Waals surface area contributed by atoms with Crippen LogP contribution in [0.2, 0.25) is 0 Å². The molecule has 5 N–H and O–H groups in total. The summed E-state index contributed by atoms with van der Waals surface area (Å²) in [4.78, 5) is 21.5. The number of aliphatic hydroxyl groups is 2. The number of nitrogens with zero attached hydrogens (tertiary/aromatic N) is 2. The average molecular weight is 527 g/mol. The molecular weight excluding hydrogens is 497 g/mol. The average Bonchev–Trinajstić information content (AvgIpc) is 3.61. The lowest BCUT2D eigenvalue weighted by Gasteiger charge is -2.36. The van der Waals surface area contributed by atoms with Gasteiger partial charge in [0.05, 0.1) is 23.6 Å². The molecule has 2 fully saturated rings. The lowest BCUT2D eigenvalue weighted by atomic mass is 9.74. The van der Waals surface area contributed by atoms with E-state index in [1.807, 2.05) is 13.0 Å². The van der Waals surface area contributed by atoms with Crippen molar-refractivity contribution >= 4 is 26.1 Å². The predicted molar refractivity (Wildman–Crippen MR) is 139 cm³/mol. The maximum Gasteiger partial charge on any atom is 0.274 e. The molecule has 0 bridgehead atoms. The highest BCUT2D eigenvalue weighted by molar-refractivity contribution is 7.28.